The Kier molecular flexibility index (Phi) is 8.00. The van der Waals surface area contributed by atoms with Crippen LogP contribution in [-0.4, -0.2) is 17.7 Å². The number of aromatic nitrogens is 1. The van der Waals surface area contributed by atoms with E-state index in [2.05, 4.69) is 56.4 Å². The minimum absolute atomic E-state index is 0.0146. The Hall–Kier alpha value is -2.48. The van der Waals surface area contributed by atoms with E-state index >= 15 is 0 Å². The van der Waals surface area contributed by atoms with Crippen LogP contribution in [0.3, 0.4) is 0 Å². The standard InChI is InChI=1S/C23H30N2/c1-8-9-10-13-18(2)19(3)16-20(23(4,5)6)17-22(24-7)21-14-11-12-15-25-21/h8-17H,2H2,1,3-7H3/b9-8-,13-10-,19-16+,20-17+,24-22-. The van der Waals surface area contributed by atoms with Gasteiger partial charge in [-0.15, -0.1) is 0 Å². The summed E-state index contributed by atoms with van der Waals surface area (Å²) in [5, 5.41) is 0. The van der Waals surface area contributed by atoms with Crippen LogP contribution in [0, 0.1) is 5.41 Å². The van der Waals surface area contributed by atoms with E-state index in [1.54, 1.807) is 13.2 Å². The average Bonchev–Trinajstić information content (AvgIpc) is 2.58. The summed E-state index contributed by atoms with van der Waals surface area (Å²) >= 11 is 0. The summed E-state index contributed by atoms with van der Waals surface area (Å²) in [4.78, 5) is 8.84. The van der Waals surface area contributed by atoms with Gasteiger partial charge in [-0.1, -0.05) is 63.8 Å². The first-order valence-electron chi connectivity index (χ1n) is 8.57. The van der Waals surface area contributed by atoms with Gasteiger partial charge in [-0.25, -0.2) is 0 Å². The Morgan fingerprint density at radius 2 is 1.88 bits per heavy atom. The van der Waals surface area contributed by atoms with Crippen LogP contribution in [0.15, 0.2) is 89.1 Å². The molecule has 2 nitrogen and oxygen atoms in total. The smallest absolute Gasteiger partial charge is 0.0881 e. The number of hydrogen-bond donors (Lipinski definition) is 0. The SMILES string of the molecule is C=C(/C=C\C=C/C)/C(C)=C/C(=C\C(=N\C)c1ccccn1)C(C)(C)C. The second-order valence-corrected chi connectivity index (χ2v) is 6.91. The summed E-state index contributed by atoms with van der Waals surface area (Å²) < 4.78 is 0. The molecule has 0 aromatic carbocycles. The van der Waals surface area contributed by atoms with Gasteiger partial charge < -0.3 is 0 Å². The molecule has 0 spiro atoms. The number of pyridine rings is 1. The van der Waals surface area contributed by atoms with Crippen molar-refractivity contribution in [1.29, 1.82) is 0 Å². The molecule has 0 atom stereocenters. The molecule has 0 amide bonds. The van der Waals surface area contributed by atoms with Crippen LogP contribution >= 0.6 is 0 Å². The summed E-state index contributed by atoms with van der Waals surface area (Å²) in [5.41, 5.74) is 5.07. The Morgan fingerprint density at radius 3 is 2.40 bits per heavy atom. The lowest BCUT2D eigenvalue weighted by Crippen LogP contribution is -2.11. The molecule has 132 valence electrons. The molecule has 1 aromatic heterocycles. The summed E-state index contributed by atoms with van der Waals surface area (Å²) in [5.74, 6) is 0. The Labute approximate surface area is 153 Å². The largest absolute Gasteiger partial charge is 0.286 e. The van der Waals surface area contributed by atoms with Crippen molar-refractivity contribution in [2.45, 2.75) is 34.6 Å². The van der Waals surface area contributed by atoms with Crippen LogP contribution in [0.4, 0.5) is 0 Å². The summed E-state index contributed by atoms with van der Waals surface area (Å²) in [7, 11) is 1.80. The highest BCUT2D eigenvalue weighted by Gasteiger charge is 2.17. The van der Waals surface area contributed by atoms with Gasteiger partial charge in [0, 0.05) is 13.2 Å². The molecular formula is C23H30N2. The highest BCUT2D eigenvalue weighted by atomic mass is 14.8. The highest BCUT2D eigenvalue weighted by molar-refractivity contribution is 6.08. The van der Waals surface area contributed by atoms with Crippen molar-refractivity contribution in [2.24, 2.45) is 10.4 Å². The third kappa shape index (κ3) is 6.88. The molecule has 1 rings (SSSR count). The van der Waals surface area contributed by atoms with Gasteiger partial charge in [0.15, 0.2) is 0 Å². The van der Waals surface area contributed by atoms with Crippen LogP contribution in [0.25, 0.3) is 0 Å². The predicted octanol–water partition coefficient (Wildman–Crippen LogP) is 6.11. The maximum atomic E-state index is 4.43. The van der Waals surface area contributed by atoms with E-state index < -0.39 is 0 Å². The van der Waals surface area contributed by atoms with Gasteiger partial charge in [-0.05, 0) is 54.2 Å². The maximum Gasteiger partial charge on any atom is 0.0881 e. The van der Waals surface area contributed by atoms with Crippen LogP contribution in [-0.2, 0) is 0 Å². The molecule has 2 heteroatoms. The van der Waals surface area contributed by atoms with Crippen molar-refractivity contribution in [3.63, 3.8) is 0 Å². The van der Waals surface area contributed by atoms with E-state index in [-0.39, 0.29) is 5.41 Å². The molecule has 0 radical (unpaired) electrons. The fourth-order valence-electron chi connectivity index (χ4n) is 2.13. The van der Waals surface area contributed by atoms with Gasteiger partial charge >= 0.3 is 0 Å². The molecule has 1 aromatic rings. The molecule has 0 fully saturated rings. The maximum absolute atomic E-state index is 4.43. The third-order valence-electron chi connectivity index (χ3n) is 3.81. The second kappa shape index (κ2) is 9.73. The van der Waals surface area contributed by atoms with E-state index in [9.17, 15) is 0 Å². The zero-order valence-electron chi connectivity index (χ0n) is 16.4. The van der Waals surface area contributed by atoms with Crippen molar-refractivity contribution >= 4 is 5.71 Å². The van der Waals surface area contributed by atoms with E-state index in [0.29, 0.717) is 0 Å². The van der Waals surface area contributed by atoms with Gasteiger partial charge in [0.25, 0.3) is 0 Å². The van der Waals surface area contributed by atoms with Crippen molar-refractivity contribution in [3.05, 3.63) is 89.8 Å². The first-order valence-corrected chi connectivity index (χ1v) is 8.57. The number of allylic oxidation sites excluding steroid dienone is 9. The van der Waals surface area contributed by atoms with E-state index in [0.717, 1.165) is 22.6 Å². The number of rotatable bonds is 6. The lowest BCUT2D eigenvalue weighted by Gasteiger charge is -2.22. The first kappa shape index (κ1) is 20.6. The monoisotopic (exact) mass is 334 g/mol. The fraction of sp³-hybridized carbons (Fsp3) is 0.304. The average molecular weight is 335 g/mol. The lowest BCUT2D eigenvalue weighted by molar-refractivity contribution is 0.517. The summed E-state index contributed by atoms with van der Waals surface area (Å²) in [6.45, 7) is 14.9. The molecule has 0 aliphatic carbocycles. The van der Waals surface area contributed by atoms with Gasteiger partial charge in [0.05, 0.1) is 11.4 Å². The Balaban J connectivity index is 3.26. The molecule has 0 saturated heterocycles. The van der Waals surface area contributed by atoms with Gasteiger partial charge in [0.1, 0.15) is 0 Å². The zero-order chi connectivity index (χ0) is 18.9. The highest BCUT2D eigenvalue weighted by Crippen LogP contribution is 2.29. The van der Waals surface area contributed by atoms with E-state index in [1.165, 1.54) is 5.57 Å². The molecule has 0 unspecified atom stereocenters. The molecule has 0 N–H and O–H groups in total. The summed E-state index contributed by atoms with van der Waals surface area (Å²) in [6.07, 6.45) is 14.1. The molecule has 0 aliphatic rings. The Bertz CT molecular complexity index is 721. The lowest BCUT2D eigenvalue weighted by atomic mass is 9.83. The van der Waals surface area contributed by atoms with Crippen LogP contribution in [0.1, 0.15) is 40.3 Å². The molecule has 25 heavy (non-hydrogen) atoms. The Morgan fingerprint density at radius 1 is 1.16 bits per heavy atom. The second-order valence-electron chi connectivity index (χ2n) is 6.91. The van der Waals surface area contributed by atoms with E-state index in [4.69, 9.17) is 0 Å². The molecule has 0 bridgehead atoms. The van der Waals surface area contributed by atoms with Gasteiger partial charge in [0.2, 0.25) is 0 Å². The van der Waals surface area contributed by atoms with Crippen LogP contribution < -0.4 is 0 Å². The number of hydrogen-bond acceptors (Lipinski definition) is 2. The molecule has 1 heterocycles. The van der Waals surface area contributed by atoms with Crippen molar-refractivity contribution in [3.8, 4) is 0 Å². The normalized spacial score (nSPS) is 14.6. The topological polar surface area (TPSA) is 25.2 Å². The quantitative estimate of drug-likeness (QED) is 0.455. The fourth-order valence-corrected chi connectivity index (χ4v) is 2.13. The third-order valence-corrected chi connectivity index (χ3v) is 3.81. The van der Waals surface area contributed by atoms with Crippen LogP contribution in [0.5, 0.6) is 0 Å². The number of aliphatic imine (C=N–C) groups is 1. The van der Waals surface area contributed by atoms with Crippen molar-refractivity contribution < 1.29 is 0 Å². The molecule has 0 saturated carbocycles. The van der Waals surface area contributed by atoms with Crippen LogP contribution in [0.2, 0.25) is 0 Å². The zero-order valence-corrected chi connectivity index (χ0v) is 16.4. The van der Waals surface area contributed by atoms with Gasteiger partial charge in [-0.2, -0.15) is 0 Å². The number of nitrogens with zero attached hydrogens (tertiary/aromatic N) is 2. The minimum atomic E-state index is -0.0146. The van der Waals surface area contributed by atoms with E-state index in [1.807, 2.05) is 49.4 Å². The minimum Gasteiger partial charge on any atom is -0.286 e. The van der Waals surface area contributed by atoms with Gasteiger partial charge in [-0.3, -0.25) is 9.98 Å². The predicted molar refractivity (Wildman–Crippen MR) is 111 cm³/mol. The van der Waals surface area contributed by atoms with Crippen molar-refractivity contribution in [1.82, 2.24) is 4.98 Å². The summed E-state index contributed by atoms with van der Waals surface area (Å²) in [6, 6.07) is 5.87. The molecular weight excluding hydrogens is 304 g/mol. The first-order chi connectivity index (χ1) is 11.8. The molecule has 0 aliphatic heterocycles. The van der Waals surface area contributed by atoms with Crippen molar-refractivity contribution in [2.75, 3.05) is 7.05 Å².